The summed E-state index contributed by atoms with van der Waals surface area (Å²) >= 11 is 6.20. The summed E-state index contributed by atoms with van der Waals surface area (Å²) in [5, 5.41) is 3.27. The number of amides is 1. The number of benzene rings is 1. The van der Waals surface area contributed by atoms with E-state index >= 15 is 0 Å². The molecule has 0 spiro atoms. The Kier molecular flexibility index (Phi) is 4.95. The summed E-state index contributed by atoms with van der Waals surface area (Å²) in [7, 11) is 3.89. The lowest BCUT2D eigenvalue weighted by Crippen LogP contribution is -2.09. The van der Waals surface area contributed by atoms with Gasteiger partial charge in [-0.1, -0.05) is 23.7 Å². The molecule has 0 fully saturated rings. The molecule has 1 heterocycles. The van der Waals surface area contributed by atoms with E-state index < -0.39 is 0 Å². The maximum Gasteiger partial charge on any atom is 0.249 e. The zero-order valence-electron chi connectivity index (χ0n) is 11.9. The molecular weight excluding hydrogens is 286 g/mol. The van der Waals surface area contributed by atoms with E-state index in [-0.39, 0.29) is 5.91 Å². The summed E-state index contributed by atoms with van der Waals surface area (Å²) in [6.45, 7) is 0. The molecule has 0 aliphatic carbocycles. The first-order valence-corrected chi connectivity index (χ1v) is 6.81. The Balaban J connectivity index is 2.05. The van der Waals surface area contributed by atoms with Crippen LogP contribution < -0.4 is 10.2 Å². The SMILES string of the molecule is CN(C)c1ccc(/C=C/C(=O)Nc2ccccn2)c(Cl)c1. The summed E-state index contributed by atoms with van der Waals surface area (Å²) in [5.41, 5.74) is 1.80. The Morgan fingerprint density at radius 1 is 1.29 bits per heavy atom. The van der Waals surface area contributed by atoms with Crippen LogP contribution in [0.3, 0.4) is 0 Å². The van der Waals surface area contributed by atoms with Crippen molar-refractivity contribution in [2.75, 3.05) is 24.3 Å². The van der Waals surface area contributed by atoms with Gasteiger partial charge in [0.05, 0.1) is 0 Å². The van der Waals surface area contributed by atoms with Gasteiger partial charge in [-0.3, -0.25) is 4.79 Å². The Labute approximate surface area is 129 Å². The van der Waals surface area contributed by atoms with Crippen LogP contribution in [0, 0.1) is 0 Å². The summed E-state index contributed by atoms with van der Waals surface area (Å²) in [6.07, 6.45) is 4.74. The van der Waals surface area contributed by atoms with E-state index in [2.05, 4.69) is 10.3 Å². The lowest BCUT2D eigenvalue weighted by Gasteiger charge is -2.13. The van der Waals surface area contributed by atoms with Crippen molar-refractivity contribution in [1.82, 2.24) is 4.98 Å². The molecule has 1 N–H and O–H groups in total. The van der Waals surface area contributed by atoms with E-state index in [0.29, 0.717) is 10.8 Å². The summed E-state index contributed by atoms with van der Waals surface area (Å²) in [4.78, 5) is 17.8. The average molecular weight is 302 g/mol. The summed E-state index contributed by atoms with van der Waals surface area (Å²) in [6, 6.07) is 11.0. The molecule has 2 aromatic rings. The number of carbonyl (C=O) groups is 1. The second kappa shape index (κ2) is 6.90. The molecule has 0 aliphatic rings. The monoisotopic (exact) mass is 301 g/mol. The minimum absolute atomic E-state index is 0.249. The van der Waals surface area contributed by atoms with E-state index in [1.807, 2.05) is 43.3 Å². The molecule has 4 nitrogen and oxygen atoms in total. The third-order valence-electron chi connectivity index (χ3n) is 2.83. The van der Waals surface area contributed by atoms with Crippen LogP contribution in [0.2, 0.25) is 5.02 Å². The van der Waals surface area contributed by atoms with E-state index in [4.69, 9.17) is 11.6 Å². The molecule has 5 heteroatoms. The van der Waals surface area contributed by atoms with Crippen LogP contribution in [-0.4, -0.2) is 25.0 Å². The highest BCUT2D eigenvalue weighted by atomic mass is 35.5. The highest BCUT2D eigenvalue weighted by Crippen LogP contribution is 2.23. The number of halogens is 1. The van der Waals surface area contributed by atoms with Crippen LogP contribution in [0.5, 0.6) is 0 Å². The number of hydrogen-bond donors (Lipinski definition) is 1. The van der Waals surface area contributed by atoms with Crippen molar-refractivity contribution in [1.29, 1.82) is 0 Å². The van der Waals surface area contributed by atoms with Crippen molar-refractivity contribution in [3.8, 4) is 0 Å². The minimum Gasteiger partial charge on any atom is -0.378 e. The van der Waals surface area contributed by atoms with Gasteiger partial charge in [0.1, 0.15) is 5.82 Å². The number of nitrogens with zero attached hydrogens (tertiary/aromatic N) is 2. The van der Waals surface area contributed by atoms with Gasteiger partial charge in [-0.2, -0.15) is 0 Å². The van der Waals surface area contributed by atoms with Gasteiger partial charge in [0.25, 0.3) is 0 Å². The molecule has 1 amide bonds. The maximum absolute atomic E-state index is 11.8. The third kappa shape index (κ3) is 4.33. The van der Waals surface area contributed by atoms with Gasteiger partial charge in [-0.05, 0) is 35.9 Å². The second-order valence-electron chi connectivity index (χ2n) is 4.64. The Hall–Kier alpha value is -2.33. The molecule has 0 aliphatic heterocycles. The van der Waals surface area contributed by atoms with Gasteiger partial charge >= 0.3 is 0 Å². The first-order chi connectivity index (χ1) is 10.1. The quantitative estimate of drug-likeness (QED) is 0.880. The van der Waals surface area contributed by atoms with Crippen molar-refractivity contribution in [3.05, 3.63) is 59.3 Å². The second-order valence-corrected chi connectivity index (χ2v) is 5.05. The fraction of sp³-hybridized carbons (Fsp3) is 0.125. The van der Waals surface area contributed by atoms with Gasteiger partial charge in [-0.15, -0.1) is 0 Å². The number of carbonyl (C=O) groups excluding carboxylic acids is 1. The molecule has 0 saturated carbocycles. The molecule has 0 atom stereocenters. The highest BCUT2D eigenvalue weighted by Gasteiger charge is 2.02. The number of rotatable bonds is 4. The molecule has 21 heavy (non-hydrogen) atoms. The molecule has 108 valence electrons. The van der Waals surface area contributed by atoms with Crippen molar-refractivity contribution in [3.63, 3.8) is 0 Å². The van der Waals surface area contributed by atoms with Gasteiger partial charge in [0.15, 0.2) is 0 Å². The van der Waals surface area contributed by atoms with E-state index in [9.17, 15) is 4.79 Å². The average Bonchev–Trinajstić information content (AvgIpc) is 2.47. The summed E-state index contributed by atoms with van der Waals surface area (Å²) in [5.74, 6) is 0.266. The topological polar surface area (TPSA) is 45.2 Å². The van der Waals surface area contributed by atoms with Gasteiger partial charge in [0, 0.05) is 37.1 Å². The molecule has 1 aromatic carbocycles. The molecule has 2 rings (SSSR count). The zero-order valence-corrected chi connectivity index (χ0v) is 12.6. The number of hydrogen-bond acceptors (Lipinski definition) is 3. The standard InChI is InChI=1S/C16H16ClN3O/c1-20(2)13-8-6-12(14(17)11-13)7-9-16(21)19-15-5-3-4-10-18-15/h3-11H,1-2H3,(H,18,19,21)/b9-7+. The predicted molar refractivity (Wildman–Crippen MR) is 87.7 cm³/mol. The van der Waals surface area contributed by atoms with E-state index in [0.717, 1.165) is 11.3 Å². The van der Waals surface area contributed by atoms with Gasteiger partial charge < -0.3 is 10.2 Å². The van der Waals surface area contributed by atoms with E-state index in [1.165, 1.54) is 6.08 Å². The fourth-order valence-electron chi connectivity index (χ4n) is 1.70. The third-order valence-corrected chi connectivity index (χ3v) is 3.16. The van der Waals surface area contributed by atoms with Gasteiger partial charge in [-0.25, -0.2) is 4.98 Å². The fourth-order valence-corrected chi connectivity index (χ4v) is 1.94. The number of aromatic nitrogens is 1. The normalized spacial score (nSPS) is 10.6. The zero-order chi connectivity index (χ0) is 15.2. The van der Waals surface area contributed by atoms with Gasteiger partial charge in [0.2, 0.25) is 5.91 Å². The van der Waals surface area contributed by atoms with E-state index in [1.54, 1.807) is 24.4 Å². The molecule has 0 unspecified atom stereocenters. The van der Waals surface area contributed by atoms with Crippen LogP contribution >= 0.6 is 11.6 Å². The molecule has 1 aromatic heterocycles. The number of nitrogens with one attached hydrogen (secondary N) is 1. The Morgan fingerprint density at radius 3 is 2.71 bits per heavy atom. The first kappa shape index (κ1) is 15.1. The van der Waals surface area contributed by atoms with Crippen LogP contribution in [0.15, 0.2) is 48.7 Å². The van der Waals surface area contributed by atoms with Crippen LogP contribution in [-0.2, 0) is 4.79 Å². The number of pyridine rings is 1. The Morgan fingerprint density at radius 2 is 2.10 bits per heavy atom. The van der Waals surface area contributed by atoms with Crippen LogP contribution in [0.4, 0.5) is 11.5 Å². The molecule has 0 radical (unpaired) electrons. The number of anilines is 2. The lowest BCUT2D eigenvalue weighted by atomic mass is 10.2. The molecular formula is C16H16ClN3O. The predicted octanol–water partition coefficient (Wildman–Crippen LogP) is 3.45. The van der Waals surface area contributed by atoms with Crippen molar-refractivity contribution in [2.24, 2.45) is 0 Å². The van der Waals surface area contributed by atoms with Crippen molar-refractivity contribution < 1.29 is 4.79 Å². The highest BCUT2D eigenvalue weighted by molar-refractivity contribution is 6.32. The maximum atomic E-state index is 11.8. The first-order valence-electron chi connectivity index (χ1n) is 6.43. The smallest absolute Gasteiger partial charge is 0.249 e. The minimum atomic E-state index is -0.249. The molecule has 0 bridgehead atoms. The lowest BCUT2D eigenvalue weighted by molar-refractivity contribution is -0.111. The van der Waals surface area contributed by atoms with Crippen LogP contribution in [0.25, 0.3) is 6.08 Å². The Bertz CT molecular complexity index is 654. The van der Waals surface area contributed by atoms with Crippen molar-refractivity contribution in [2.45, 2.75) is 0 Å². The largest absolute Gasteiger partial charge is 0.378 e. The van der Waals surface area contributed by atoms with Crippen LogP contribution in [0.1, 0.15) is 5.56 Å². The molecule has 0 saturated heterocycles. The van der Waals surface area contributed by atoms with Crippen molar-refractivity contribution >= 4 is 35.1 Å². The summed E-state index contributed by atoms with van der Waals surface area (Å²) < 4.78 is 0.